The number of carbonyl (C=O) groups excluding carboxylic acids is 1. The van der Waals surface area contributed by atoms with Crippen LogP contribution in [0.15, 0.2) is 24.3 Å². The van der Waals surface area contributed by atoms with E-state index in [0.29, 0.717) is 24.1 Å². The first kappa shape index (κ1) is 17.7. The summed E-state index contributed by atoms with van der Waals surface area (Å²) in [5.74, 6) is 1.02. The van der Waals surface area contributed by atoms with Crippen molar-refractivity contribution in [3.8, 4) is 5.75 Å². The van der Waals surface area contributed by atoms with Crippen LogP contribution in [0.1, 0.15) is 33.1 Å². The number of benzene rings is 1. The van der Waals surface area contributed by atoms with Gasteiger partial charge in [-0.2, -0.15) is 0 Å². The Kier molecular flexibility index (Phi) is 6.80. The van der Waals surface area contributed by atoms with Crippen molar-refractivity contribution >= 4 is 28.9 Å². The van der Waals surface area contributed by atoms with Gasteiger partial charge in [0.15, 0.2) is 5.11 Å². The number of carbonyl (C=O) groups is 1. The van der Waals surface area contributed by atoms with Crippen molar-refractivity contribution in [2.75, 3.05) is 18.5 Å². The SMILES string of the molecule is CC(C)CC(=O)NC(=S)Nc1ccc(OC[C@H]2CCCO2)cc1. The van der Waals surface area contributed by atoms with Gasteiger partial charge in [-0.3, -0.25) is 4.79 Å². The summed E-state index contributed by atoms with van der Waals surface area (Å²) in [6, 6.07) is 7.48. The summed E-state index contributed by atoms with van der Waals surface area (Å²) in [6.45, 7) is 5.39. The third kappa shape index (κ3) is 6.54. The van der Waals surface area contributed by atoms with Crippen LogP contribution in [0.25, 0.3) is 0 Å². The summed E-state index contributed by atoms with van der Waals surface area (Å²) < 4.78 is 11.2. The molecule has 1 atom stereocenters. The summed E-state index contributed by atoms with van der Waals surface area (Å²) in [4.78, 5) is 11.6. The zero-order valence-corrected chi connectivity index (χ0v) is 14.4. The number of hydrogen-bond acceptors (Lipinski definition) is 4. The maximum atomic E-state index is 11.6. The number of rotatable bonds is 6. The Morgan fingerprint density at radius 2 is 2.13 bits per heavy atom. The lowest BCUT2D eigenvalue weighted by Gasteiger charge is -2.13. The van der Waals surface area contributed by atoms with Crippen LogP contribution in [0, 0.1) is 5.92 Å². The second kappa shape index (κ2) is 8.84. The van der Waals surface area contributed by atoms with Gasteiger partial charge in [-0.1, -0.05) is 13.8 Å². The molecule has 0 radical (unpaired) electrons. The number of ether oxygens (including phenoxy) is 2. The lowest BCUT2D eigenvalue weighted by Crippen LogP contribution is -2.34. The van der Waals surface area contributed by atoms with Gasteiger partial charge in [0.25, 0.3) is 0 Å². The van der Waals surface area contributed by atoms with E-state index in [0.717, 1.165) is 30.9 Å². The Morgan fingerprint density at radius 1 is 1.39 bits per heavy atom. The van der Waals surface area contributed by atoms with E-state index in [1.54, 1.807) is 0 Å². The molecule has 1 heterocycles. The molecule has 0 spiro atoms. The van der Waals surface area contributed by atoms with E-state index in [1.165, 1.54) is 0 Å². The molecule has 1 saturated heterocycles. The molecule has 0 aliphatic carbocycles. The topological polar surface area (TPSA) is 59.6 Å². The zero-order valence-electron chi connectivity index (χ0n) is 13.6. The molecule has 2 rings (SSSR count). The average molecular weight is 336 g/mol. The third-order valence-corrected chi connectivity index (χ3v) is 3.62. The van der Waals surface area contributed by atoms with Gasteiger partial charge in [0.2, 0.25) is 5.91 Å². The lowest BCUT2D eigenvalue weighted by atomic mass is 10.1. The van der Waals surface area contributed by atoms with Gasteiger partial charge in [0.1, 0.15) is 12.4 Å². The molecule has 23 heavy (non-hydrogen) atoms. The first-order valence-electron chi connectivity index (χ1n) is 7.98. The molecule has 1 aliphatic heterocycles. The van der Waals surface area contributed by atoms with Crippen LogP contribution in [-0.2, 0) is 9.53 Å². The Balaban J connectivity index is 1.75. The maximum Gasteiger partial charge on any atom is 0.226 e. The van der Waals surface area contributed by atoms with Crippen LogP contribution in [-0.4, -0.2) is 30.3 Å². The van der Waals surface area contributed by atoms with Crippen molar-refractivity contribution in [3.05, 3.63) is 24.3 Å². The van der Waals surface area contributed by atoms with Crippen molar-refractivity contribution in [2.24, 2.45) is 5.92 Å². The standard InChI is InChI=1S/C17H24N2O3S/c1-12(2)10-16(20)19-17(23)18-13-5-7-14(8-6-13)22-11-15-4-3-9-21-15/h5-8,12,15H,3-4,9-11H2,1-2H3,(H2,18,19,20,23)/t15-/m1/s1. The van der Waals surface area contributed by atoms with E-state index in [2.05, 4.69) is 10.6 Å². The van der Waals surface area contributed by atoms with Gasteiger partial charge in [0.05, 0.1) is 6.10 Å². The van der Waals surface area contributed by atoms with Crippen LogP contribution in [0.5, 0.6) is 5.75 Å². The van der Waals surface area contributed by atoms with Crippen molar-refractivity contribution < 1.29 is 14.3 Å². The summed E-state index contributed by atoms with van der Waals surface area (Å²) in [7, 11) is 0. The van der Waals surface area contributed by atoms with Crippen LogP contribution in [0.4, 0.5) is 5.69 Å². The number of nitrogens with one attached hydrogen (secondary N) is 2. The first-order chi connectivity index (χ1) is 11.0. The highest BCUT2D eigenvalue weighted by Crippen LogP contribution is 2.18. The van der Waals surface area contributed by atoms with E-state index in [9.17, 15) is 4.79 Å². The molecular weight excluding hydrogens is 312 g/mol. The molecule has 5 nitrogen and oxygen atoms in total. The monoisotopic (exact) mass is 336 g/mol. The fraction of sp³-hybridized carbons (Fsp3) is 0.529. The van der Waals surface area contributed by atoms with Crippen LogP contribution in [0.3, 0.4) is 0 Å². The Bertz CT molecular complexity index is 525. The summed E-state index contributed by atoms with van der Waals surface area (Å²) >= 11 is 5.13. The van der Waals surface area contributed by atoms with Gasteiger partial charge < -0.3 is 20.1 Å². The maximum absolute atomic E-state index is 11.6. The Hall–Kier alpha value is -1.66. The minimum atomic E-state index is -0.0750. The van der Waals surface area contributed by atoms with E-state index in [-0.39, 0.29) is 12.0 Å². The molecule has 0 unspecified atom stereocenters. The van der Waals surface area contributed by atoms with Crippen LogP contribution in [0.2, 0.25) is 0 Å². The number of anilines is 1. The molecule has 0 aromatic heterocycles. The second-order valence-corrected chi connectivity index (χ2v) is 6.48. The summed E-state index contributed by atoms with van der Waals surface area (Å²) in [5, 5.41) is 5.97. The predicted molar refractivity (Wildman–Crippen MR) is 94.7 cm³/mol. The van der Waals surface area contributed by atoms with Crippen molar-refractivity contribution in [1.82, 2.24) is 5.32 Å². The average Bonchev–Trinajstić information content (AvgIpc) is 2.98. The normalized spacial score (nSPS) is 17.1. The molecule has 126 valence electrons. The highest BCUT2D eigenvalue weighted by molar-refractivity contribution is 7.80. The molecule has 1 fully saturated rings. The number of hydrogen-bond donors (Lipinski definition) is 2. The van der Waals surface area contributed by atoms with Gasteiger partial charge >= 0.3 is 0 Å². The number of thiocarbonyl (C=S) groups is 1. The molecule has 0 saturated carbocycles. The Morgan fingerprint density at radius 3 is 2.74 bits per heavy atom. The first-order valence-corrected chi connectivity index (χ1v) is 8.39. The zero-order chi connectivity index (χ0) is 16.7. The van der Waals surface area contributed by atoms with Gasteiger partial charge in [0, 0.05) is 18.7 Å². The summed E-state index contributed by atoms with van der Waals surface area (Å²) in [6.07, 6.45) is 2.83. The largest absolute Gasteiger partial charge is 0.491 e. The van der Waals surface area contributed by atoms with Crippen LogP contribution >= 0.6 is 12.2 Å². The van der Waals surface area contributed by atoms with E-state index >= 15 is 0 Å². The smallest absolute Gasteiger partial charge is 0.226 e. The van der Waals surface area contributed by atoms with Crippen molar-refractivity contribution in [1.29, 1.82) is 0 Å². The Labute approximate surface area is 142 Å². The molecule has 6 heteroatoms. The van der Waals surface area contributed by atoms with Gasteiger partial charge in [-0.25, -0.2) is 0 Å². The lowest BCUT2D eigenvalue weighted by molar-refractivity contribution is -0.120. The van der Waals surface area contributed by atoms with Crippen molar-refractivity contribution in [2.45, 2.75) is 39.2 Å². The minimum Gasteiger partial charge on any atom is -0.491 e. The van der Waals surface area contributed by atoms with E-state index in [4.69, 9.17) is 21.7 Å². The molecule has 1 aliphatic rings. The van der Waals surface area contributed by atoms with Crippen LogP contribution < -0.4 is 15.4 Å². The minimum absolute atomic E-state index is 0.0750. The molecule has 2 N–H and O–H groups in total. The quantitative estimate of drug-likeness (QED) is 0.782. The molecule has 0 bridgehead atoms. The summed E-state index contributed by atoms with van der Waals surface area (Å²) in [5.41, 5.74) is 0.810. The highest BCUT2D eigenvalue weighted by atomic mass is 32.1. The fourth-order valence-electron chi connectivity index (χ4n) is 2.31. The predicted octanol–water partition coefficient (Wildman–Crippen LogP) is 3.10. The molecular formula is C17H24N2O3S. The van der Waals surface area contributed by atoms with E-state index < -0.39 is 0 Å². The van der Waals surface area contributed by atoms with Gasteiger partial charge in [-0.05, 0) is 55.2 Å². The molecule has 1 aromatic carbocycles. The van der Waals surface area contributed by atoms with Gasteiger partial charge in [-0.15, -0.1) is 0 Å². The molecule has 1 aromatic rings. The number of amides is 1. The highest BCUT2D eigenvalue weighted by Gasteiger charge is 2.15. The molecule has 1 amide bonds. The third-order valence-electron chi connectivity index (χ3n) is 3.42. The fourth-order valence-corrected chi connectivity index (χ4v) is 2.54. The van der Waals surface area contributed by atoms with E-state index in [1.807, 2.05) is 38.1 Å². The van der Waals surface area contributed by atoms with Crippen molar-refractivity contribution in [3.63, 3.8) is 0 Å². The second-order valence-electron chi connectivity index (χ2n) is 6.07.